The van der Waals surface area contributed by atoms with Crippen LogP contribution in [0, 0.1) is 0 Å². The molecule has 0 radical (unpaired) electrons. The van der Waals surface area contributed by atoms with Crippen LogP contribution in [-0.4, -0.2) is 29.3 Å². The van der Waals surface area contributed by atoms with Crippen LogP contribution in [-0.2, 0) is 0 Å². The highest BCUT2D eigenvalue weighted by molar-refractivity contribution is 6.05. The lowest BCUT2D eigenvalue weighted by Gasteiger charge is -2.16. The molecule has 30 heavy (non-hydrogen) atoms. The molecule has 2 N–H and O–H groups in total. The van der Waals surface area contributed by atoms with Gasteiger partial charge in [-0.15, -0.1) is 0 Å². The first-order valence-corrected chi connectivity index (χ1v) is 9.31. The second kappa shape index (κ2) is 8.16. The molecule has 3 aromatic rings. The first kappa shape index (κ1) is 19.3. The number of pyridine rings is 1. The number of ketones is 2. The first-order valence-electron chi connectivity index (χ1n) is 9.31. The highest BCUT2D eigenvalue weighted by Crippen LogP contribution is 2.36. The quantitative estimate of drug-likeness (QED) is 0.608. The van der Waals surface area contributed by atoms with Gasteiger partial charge in [0, 0.05) is 23.7 Å². The lowest BCUT2D eigenvalue weighted by atomic mass is 9.86. The zero-order valence-corrected chi connectivity index (χ0v) is 15.9. The third-order valence-electron chi connectivity index (χ3n) is 4.91. The summed E-state index contributed by atoms with van der Waals surface area (Å²) in [6.07, 6.45) is 1.47. The number of aromatic nitrogens is 1. The molecule has 0 aliphatic carbocycles. The summed E-state index contributed by atoms with van der Waals surface area (Å²) >= 11 is 0. The Kier molecular flexibility index (Phi) is 5.26. The van der Waals surface area contributed by atoms with E-state index in [-0.39, 0.29) is 30.5 Å². The van der Waals surface area contributed by atoms with Crippen LogP contribution in [0.3, 0.4) is 0 Å². The van der Waals surface area contributed by atoms with E-state index in [1.807, 2.05) is 0 Å². The van der Waals surface area contributed by atoms with E-state index in [0.29, 0.717) is 28.2 Å². The fraction of sp³-hybridized carbons (Fsp3) is 0.130. The van der Waals surface area contributed by atoms with E-state index in [0.717, 1.165) is 0 Å². The molecule has 1 aliphatic heterocycles. The summed E-state index contributed by atoms with van der Waals surface area (Å²) in [5.41, 5.74) is 6.86. The normalized spacial score (nSPS) is 12.9. The fourth-order valence-electron chi connectivity index (χ4n) is 3.30. The van der Waals surface area contributed by atoms with Crippen molar-refractivity contribution in [2.75, 3.05) is 6.79 Å². The van der Waals surface area contributed by atoms with Crippen molar-refractivity contribution in [3.63, 3.8) is 0 Å². The number of nitrogens with zero attached hydrogens (tertiary/aromatic N) is 1. The maximum absolute atomic E-state index is 13.2. The summed E-state index contributed by atoms with van der Waals surface area (Å²) in [5, 5.41) is 0. The van der Waals surface area contributed by atoms with Crippen LogP contribution < -0.4 is 15.2 Å². The molecule has 1 aliphatic rings. The molecule has 150 valence electrons. The van der Waals surface area contributed by atoms with E-state index in [4.69, 9.17) is 15.2 Å². The molecule has 1 aromatic heterocycles. The van der Waals surface area contributed by atoms with Crippen LogP contribution in [0.15, 0.2) is 66.9 Å². The summed E-state index contributed by atoms with van der Waals surface area (Å²) in [4.78, 5) is 41.5. The van der Waals surface area contributed by atoms with Crippen molar-refractivity contribution in [3.8, 4) is 11.5 Å². The van der Waals surface area contributed by atoms with Gasteiger partial charge < -0.3 is 15.2 Å². The number of carbonyl (C=O) groups is 3. The zero-order chi connectivity index (χ0) is 21.1. The van der Waals surface area contributed by atoms with E-state index in [9.17, 15) is 14.4 Å². The lowest BCUT2D eigenvalue weighted by Crippen LogP contribution is -2.18. The van der Waals surface area contributed by atoms with Gasteiger partial charge in [0.15, 0.2) is 23.1 Å². The van der Waals surface area contributed by atoms with Crippen LogP contribution in [0.2, 0.25) is 0 Å². The van der Waals surface area contributed by atoms with Gasteiger partial charge in [-0.1, -0.05) is 24.3 Å². The van der Waals surface area contributed by atoms with E-state index in [1.54, 1.807) is 36.4 Å². The Bertz CT molecular complexity index is 1110. The number of carbonyl (C=O) groups excluding carboxylic acids is 3. The smallest absolute Gasteiger partial charge is 0.248 e. The highest BCUT2D eigenvalue weighted by Gasteiger charge is 2.28. The topological polar surface area (TPSA) is 109 Å². The Labute approximate surface area is 172 Å². The Balaban J connectivity index is 1.65. The molecule has 0 saturated carbocycles. The number of nitrogens with two attached hydrogens (primary N) is 1. The Morgan fingerprint density at radius 2 is 1.67 bits per heavy atom. The highest BCUT2D eigenvalue weighted by atomic mass is 16.7. The molecule has 2 aromatic carbocycles. The van der Waals surface area contributed by atoms with Gasteiger partial charge in [0.2, 0.25) is 12.7 Å². The van der Waals surface area contributed by atoms with Crippen molar-refractivity contribution < 1.29 is 23.9 Å². The van der Waals surface area contributed by atoms with Crippen molar-refractivity contribution in [2.45, 2.75) is 12.3 Å². The van der Waals surface area contributed by atoms with Gasteiger partial charge in [-0.3, -0.25) is 19.4 Å². The number of fused-ring (bicyclic) bond motifs is 1. The molecule has 0 spiro atoms. The van der Waals surface area contributed by atoms with Gasteiger partial charge in [-0.25, -0.2) is 0 Å². The number of benzene rings is 2. The van der Waals surface area contributed by atoms with Crippen LogP contribution in [0.1, 0.15) is 49.1 Å². The Hall–Kier alpha value is -4.00. The van der Waals surface area contributed by atoms with E-state index in [1.165, 1.54) is 30.5 Å². The third kappa shape index (κ3) is 3.91. The Morgan fingerprint density at radius 3 is 2.37 bits per heavy atom. The largest absolute Gasteiger partial charge is 0.454 e. The number of rotatable bonds is 7. The number of ether oxygens (including phenoxy) is 2. The predicted octanol–water partition coefficient (Wildman–Crippen LogP) is 3.15. The summed E-state index contributed by atoms with van der Waals surface area (Å²) < 4.78 is 10.8. The summed E-state index contributed by atoms with van der Waals surface area (Å²) in [6.45, 7) is 0.114. The summed E-state index contributed by atoms with van der Waals surface area (Å²) in [5.74, 6) is -0.703. The molecule has 1 amide bonds. The van der Waals surface area contributed by atoms with Crippen LogP contribution in [0.25, 0.3) is 0 Å². The zero-order valence-electron chi connectivity index (χ0n) is 15.9. The molecule has 2 heterocycles. The molecule has 0 fully saturated rings. The number of Topliss-reactive ketones (excluding diaryl/α,β-unsaturated/α-hetero) is 2. The van der Waals surface area contributed by atoms with Gasteiger partial charge in [0.1, 0.15) is 5.69 Å². The Morgan fingerprint density at radius 1 is 0.933 bits per heavy atom. The van der Waals surface area contributed by atoms with Gasteiger partial charge in [-0.2, -0.15) is 0 Å². The van der Waals surface area contributed by atoms with E-state index in [2.05, 4.69) is 4.98 Å². The van der Waals surface area contributed by atoms with Gasteiger partial charge >= 0.3 is 0 Å². The monoisotopic (exact) mass is 402 g/mol. The fourth-order valence-corrected chi connectivity index (χ4v) is 3.30. The lowest BCUT2D eigenvalue weighted by molar-refractivity contribution is 0.0890. The standard InChI is InChI=1S/C23H18N2O5/c24-23(28)15-6-4-14(5-7-15)19(26)12-17(22(27)18-3-1-2-10-25-18)16-8-9-20-21(11-16)30-13-29-20/h1-11,17H,12-13H2,(H2,24,28). The second-order valence-corrected chi connectivity index (χ2v) is 6.81. The van der Waals surface area contributed by atoms with Gasteiger partial charge in [0.25, 0.3) is 0 Å². The minimum absolute atomic E-state index is 0.0645. The molecule has 1 unspecified atom stereocenters. The average Bonchev–Trinajstić information content (AvgIpc) is 3.25. The maximum atomic E-state index is 13.2. The third-order valence-corrected chi connectivity index (χ3v) is 4.91. The molecule has 0 bridgehead atoms. The number of primary amides is 1. The molecular formula is C23H18N2O5. The van der Waals surface area contributed by atoms with Crippen LogP contribution in [0.5, 0.6) is 11.5 Å². The van der Waals surface area contributed by atoms with Crippen LogP contribution in [0.4, 0.5) is 0 Å². The number of hydrogen-bond acceptors (Lipinski definition) is 6. The molecule has 4 rings (SSSR count). The van der Waals surface area contributed by atoms with E-state index >= 15 is 0 Å². The van der Waals surface area contributed by atoms with Crippen molar-refractivity contribution in [2.24, 2.45) is 5.73 Å². The van der Waals surface area contributed by atoms with E-state index < -0.39 is 11.8 Å². The minimum atomic E-state index is -0.752. The molecule has 7 nitrogen and oxygen atoms in total. The van der Waals surface area contributed by atoms with Gasteiger partial charge in [-0.05, 0) is 42.0 Å². The number of amides is 1. The summed E-state index contributed by atoms with van der Waals surface area (Å²) in [7, 11) is 0. The molecule has 1 atom stereocenters. The van der Waals surface area contributed by atoms with Crippen molar-refractivity contribution in [1.29, 1.82) is 0 Å². The maximum Gasteiger partial charge on any atom is 0.248 e. The molecular weight excluding hydrogens is 384 g/mol. The van der Waals surface area contributed by atoms with Crippen molar-refractivity contribution in [3.05, 3.63) is 89.2 Å². The second-order valence-electron chi connectivity index (χ2n) is 6.81. The molecule has 7 heteroatoms. The van der Waals surface area contributed by atoms with Crippen LogP contribution >= 0.6 is 0 Å². The molecule has 0 saturated heterocycles. The minimum Gasteiger partial charge on any atom is -0.454 e. The SMILES string of the molecule is NC(=O)c1ccc(C(=O)CC(C(=O)c2ccccn2)c2ccc3c(c2)OCO3)cc1. The predicted molar refractivity (Wildman–Crippen MR) is 108 cm³/mol. The number of hydrogen-bond donors (Lipinski definition) is 1. The van der Waals surface area contributed by atoms with Crippen molar-refractivity contribution >= 4 is 17.5 Å². The van der Waals surface area contributed by atoms with Crippen molar-refractivity contribution in [1.82, 2.24) is 4.98 Å². The van der Waals surface area contributed by atoms with Gasteiger partial charge in [0.05, 0.1) is 5.92 Å². The average molecular weight is 402 g/mol. The first-order chi connectivity index (χ1) is 14.5. The summed E-state index contributed by atoms with van der Waals surface area (Å²) in [6, 6.07) is 16.3.